The Morgan fingerprint density at radius 1 is 1.48 bits per heavy atom. The molecule has 1 aliphatic carbocycles. The molecule has 2 N–H and O–H groups in total. The molecule has 1 heterocycles. The molecular weight excluding hydrogens is 348 g/mol. The highest BCUT2D eigenvalue weighted by Crippen LogP contribution is 2.28. The molecule has 0 spiro atoms. The van der Waals surface area contributed by atoms with E-state index in [-0.39, 0.29) is 23.9 Å². The molecule has 1 aliphatic heterocycles. The summed E-state index contributed by atoms with van der Waals surface area (Å²) in [6, 6.07) is 0.110. The molecule has 0 aromatic heterocycles. The van der Waals surface area contributed by atoms with Gasteiger partial charge in [0.2, 0.25) is 0 Å². The summed E-state index contributed by atoms with van der Waals surface area (Å²) in [5, 5.41) is 22.6. The number of hydrogen-bond acceptors (Lipinski definition) is 7. The fraction of sp³-hybridized carbons (Fsp3) is 0.684. The minimum absolute atomic E-state index is 0.0272. The first-order chi connectivity index (χ1) is 12.9. The lowest BCUT2D eigenvalue weighted by atomic mass is 9.93. The lowest BCUT2D eigenvalue weighted by molar-refractivity contribution is -0.117. The van der Waals surface area contributed by atoms with Crippen molar-refractivity contribution in [1.82, 2.24) is 10.3 Å². The van der Waals surface area contributed by atoms with Crippen LogP contribution in [0.15, 0.2) is 33.8 Å². The average Bonchev–Trinajstić information content (AvgIpc) is 3.13. The zero-order valence-electron chi connectivity index (χ0n) is 16.3. The number of carbonyl (C=O) groups is 2. The average molecular weight is 378 g/mol. The molecule has 3 unspecified atom stereocenters. The summed E-state index contributed by atoms with van der Waals surface area (Å²) in [5.74, 6) is -0.513. The lowest BCUT2D eigenvalue weighted by Gasteiger charge is -2.24. The van der Waals surface area contributed by atoms with Gasteiger partial charge in [-0.05, 0) is 39.2 Å². The Hall–Kier alpha value is -2.06. The summed E-state index contributed by atoms with van der Waals surface area (Å²) in [7, 11) is 1.49. The van der Waals surface area contributed by atoms with Gasteiger partial charge in [0.15, 0.2) is 6.29 Å². The van der Waals surface area contributed by atoms with Crippen molar-refractivity contribution in [2.45, 2.75) is 64.3 Å². The van der Waals surface area contributed by atoms with Gasteiger partial charge in [0.05, 0.1) is 12.6 Å². The van der Waals surface area contributed by atoms with Crippen LogP contribution < -0.4 is 5.32 Å². The predicted molar refractivity (Wildman–Crippen MR) is 100 cm³/mol. The van der Waals surface area contributed by atoms with Crippen molar-refractivity contribution in [3.05, 3.63) is 23.4 Å². The Labute approximate surface area is 160 Å². The number of methoxy groups -OCH3 is 1. The molecular formula is C19H30N4O4. The highest BCUT2D eigenvalue weighted by molar-refractivity contribution is 5.97. The third kappa shape index (κ3) is 6.55. The van der Waals surface area contributed by atoms with Gasteiger partial charge in [-0.3, -0.25) is 4.79 Å². The number of carbonyl (C=O) groups excluding carboxylic acids is 2. The highest BCUT2D eigenvalue weighted by atomic mass is 16.6. The summed E-state index contributed by atoms with van der Waals surface area (Å²) in [6.45, 7) is 4.44. The number of nitrogens with zero attached hydrogens (tertiary/aromatic N) is 3. The van der Waals surface area contributed by atoms with E-state index in [9.17, 15) is 14.7 Å². The Balaban J connectivity index is 1.90. The minimum Gasteiger partial charge on any atom is -0.368 e. The van der Waals surface area contributed by atoms with Crippen LogP contribution in [0.5, 0.6) is 0 Å². The maximum Gasteiger partial charge on any atom is 0.251 e. The third-order valence-corrected chi connectivity index (χ3v) is 4.57. The van der Waals surface area contributed by atoms with Crippen molar-refractivity contribution in [2.75, 3.05) is 13.7 Å². The SMILES string of the molecule is COC(O)CCCCC1CN(C2=CC(C(=O)NC(C)C)=CC(C=O)C2)N=N1. The molecule has 0 aromatic carbocycles. The van der Waals surface area contributed by atoms with Crippen molar-refractivity contribution in [2.24, 2.45) is 16.3 Å². The monoisotopic (exact) mass is 378 g/mol. The largest absolute Gasteiger partial charge is 0.368 e. The second kappa shape index (κ2) is 10.3. The molecule has 8 heteroatoms. The number of rotatable bonds is 10. The van der Waals surface area contributed by atoms with Gasteiger partial charge in [-0.15, -0.1) is 0 Å². The smallest absolute Gasteiger partial charge is 0.251 e. The van der Waals surface area contributed by atoms with Crippen LogP contribution in [0, 0.1) is 5.92 Å². The Morgan fingerprint density at radius 3 is 2.93 bits per heavy atom. The molecule has 1 amide bonds. The van der Waals surface area contributed by atoms with Crippen molar-refractivity contribution in [1.29, 1.82) is 0 Å². The molecule has 0 fully saturated rings. The topological polar surface area (TPSA) is 104 Å². The van der Waals surface area contributed by atoms with Gasteiger partial charge in [-0.1, -0.05) is 17.7 Å². The van der Waals surface area contributed by atoms with E-state index < -0.39 is 6.29 Å². The van der Waals surface area contributed by atoms with E-state index in [0.717, 1.165) is 31.2 Å². The highest BCUT2D eigenvalue weighted by Gasteiger charge is 2.27. The number of aliphatic hydroxyl groups is 1. The number of unbranched alkanes of at least 4 members (excludes halogenated alkanes) is 1. The van der Waals surface area contributed by atoms with Gasteiger partial charge in [0, 0.05) is 36.8 Å². The quantitative estimate of drug-likeness (QED) is 0.344. The molecule has 8 nitrogen and oxygen atoms in total. The van der Waals surface area contributed by atoms with Gasteiger partial charge >= 0.3 is 0 Å². The summed E-state index contributed by atoms with van der Waals surface area (Å²) in [4.78, 5) is 23.6. The number of aliphatic hydroxyl groups excluding tert-OH is 1. The standard InChI is InChI=1S/C19H30N4O4/c1-13(2)20-19(26)15-8-14(12-24)9-17(10-15)23-11-16(21-22-23)6-4-5-7-18(25)27-3/h8,10,12-14,16,18,25H,4-7,9,11H2,1-3H3,(H,20,26). The fourth-order valence-corrected chi connectivity index (χ4v) is 3.12. The molecule has 150 valence electrons. The Kier molecular flexibility index (Phi) is 8.12. The van der Waals surface area contributed by atoms with Gasteiger partial charge in [0.1, 0.15) is 6.29 Å². The molecule has 2 aliphatic rings. The van der Waals surface area contributed by atoms with E-state index in [4.69, 9.17) is 4.74 Å². The zero-order valence-corrected chi connectivity index (χ0v) is 16.3. The molecule has 0 radical (unpaired) electrons. The van der Waals surface area contributed by atoms with Crippen LogP contribution in [0.1, 0.15) is 46.0 Å². The number of ether oxygens (including phenoxy) is 1. The minimum atomic E-state index is -0.707. The lowest BCUT2D eigenvalue weighted by Crippen LogP contribution is -2.33. The normalized spacial score (nSPS) is 23.2. The molecule has 0 bridgehead atoms. The van der Waals surface area contributed by atoms with Crippen LogP contribution >= 0.6 is 0 Å². The molecule has 3 atom stereocenters. The number of aldehydes is 1. The first-order valence-electron chi connectivity index (χ1n) is 9.50. The van der Waals surface area contributed by atoms with Crippen LogP contribution in [-0.2, 0) is 14.3 Å². The number of nitrogens with one attached hydrogen (secondary N) is 1. The Bertz CT molecular complexity index is 615. The van der Waals surface area contributed by atoms with Crippen LogP contribution in [0.3, 0.4) is 0 Å². The van der Waals surface area contributed by atoms with Crippen LogP contribution in [-0.4, -0.2) is 54.3 Å². The maximum absolute atomic E-state index is 12.3. The first-order valence-corrected chi connectivity index (χ1v) is 9.50. The zero-order chi connectivity index (χ0) is 19.8. The van der Waals surface area contributed by atoms with Gasteiger partial charge in [-0.25, -0.2) is 5.01 Å². The van der Waals surface area contributed by atoms with E-state index in [1.165, 1.54) is 7.11 Å². The Morgan fingerprint density at radius 2 is 2.26 bits per heavy atom. The predicted octanol–water partition coefficient (Wildman–Crippen LogP) is 2.12. The van der Waals surface area contributed by atoms with Crippen molar-refractivity contribution in [3.63, 3.8) is 0 Å². The van der Waals surface area contributed by atoms with E-state index >= 15 is 0 Å². The van der Waals surface area contributed by atoms with E-state index in [0.29, 0.717) is 25.0 Å². The number of amides is 1. The van der Waals surface area contributed by atoms with Crippen molar-refractivity contribution in [3.8, 4) is 0 Å². The number of allylic oxidation sites excluding steroid dienone is 2. The molecule has 0 aromatic rings. The van der Waals surface area contributed by atoms with Crippen LogP contribution in [0.25, 0.3) is 0 Å². The second-order valence-electron chi connectivity index (χ2n) is 7.31. The fourth-order valence-electron chi connectivity index (χ4n) is 3.12. The first kappa shape index (κ1) is 21.2. The van der Waals surface area contributed by atoms with E-state index in [1.807, 2.05) is 13.8 Å². The summed E-state index contributed by atoms with van der Waals surface area (Å²) in [5.41, 5.74) is 1.33. The van der Waals surface area contributed by atoms with Crippen LogP contribution in [0.2, 0.25) is 0 Å². The molecule has 27 heavy (non-hydrogen) atoms. The van der Waals surface area contributed by atoms with Crippen molar-refractivity contribution >= 4 is 12.2 Å². The molecule has 0 saturated carbocycles. The maximum atomic E-state index is 12.3. The van der Waals surface area contributed by atoms with Gasteiger partial charge < -0.3 is 20.0 Å². The van der Waals surface area contributed by atoms with E-state index in [2.05, 4.69) is 15.7 Å². The summed E-state index contributed by atoms with van der Waals surface area (Å²) >= 11 is 0. The number of hydrogen-bond donors (Lipinski definition) is 2. The van der Waals surface area contributed by atoms with Crippen molar-refractivity contribution < 1.29 is 19.4 Å². The molecule has 2 rings (SSSR count). The van der Waals surface area contributed by atoms with Crippen LogP contribution in [0.4, 0.5) is 0 Å². The summed E-state index contributed by atoms with van der Waals surface area (Å²) in [6.07, 6.45) is 7.45. The molecule has 0 saturated heterocycles. The van der Waals surface area contributed by atoms with E-state index in [1.54, 1.807) is 17.2 Å². The third-order valence-electron chi connectivity index (χ3n) is 4.57. The van der Waals surface area contributed by atoms with Gasteiger partial charge in [-0.2, -0.15) is 5.11 Å². The van der Waals surface area contributed by atoms with Gasteiger partial charge in [0.25, 0.3) is 5.91 Å². The summed E-state index contributed by atoms with van der Waals surface area (Å²) < 4.78 is 4.82. The second-order valence-corrected chi connectivity index (χ2v) is 7.31.